The van der Waals surface area contributed by atoms with Crippen LogP contribution in [0.15, 0.2) is 30.3 Å². The number of nitrogens with zero attached hydrogens (tertiary/aromatic N) is 3. The lowest BCUT2D eigenvalue weighted by molar-refractivity contribution is 0.441. The number of nitrogen functional groups attached to an aromatic ring is 1. The van der Waals surface area contributed by atoms with Gasteiger partial charge in [-0.25, -0.2) is 4.39 Å². The van der Waals surface area contributed by atoms with E-state index in [1.54, 1.807) is 24.3 Å². The molecule has 1 saturated heterocycles. The molecule has 120 valence electrons. The lowest BCUT2D eigenvalue weighted by atomic mass is 10.0. The maximum Gasteiger partial charge on any atom is 0.133 e. The van der Waals surface area contributed by atoms with Crippen molar-refractivity contribution in [1.29, 1.82) is 5.26 Å². The van der Waals surface area contributed by atoms with Gasteiger partial charge in [0.05, 0.1) is 12.2 Å². The van der Waals surface area contributed by atoms with Gasteiger partial charge in [-0.05, 0) is 30.9 Å². The maximum absolute atomic E-state index is 14.0. The van der Waals surface area contributed by atoms with Crippen LogP contribution in [0, 0.1) is 23.1 Å². The maximum atomic E-state index is 14.0. The molecule has 1 aromatic heterocycles. The van der Waals surface area contributed by atoms with Crippen molar-refractivity contribution in [2.24, 2.45) is 5.92 Å². The number of nitrogens with two attached hydrogens (primary N) is 1. The van der Waals surface area contributed by atoms with Gasteiger partial charge in [-0.3, -0.25) is 0 Å². The predicted molar refractivity (Wildman–Crippen MR) is 89.7 cm³/mol. The van der Waals surface area contributed by atoms with Gasteiger partial charge in [0.2, 0.25) is 0 Å². The SMILES string of the molecule is C[C@H]1CCCN(c2c(N)cc(C#N)n2Cc2ccccc2F)C1. The molecule has 0 spiro atoms. The van der Waals surface area contributed by atoms with Crippen molar-refractivity contribution in [3.05, 3.63) is 47.4 Å². The predicted octanol–water partition coefficient (Wildman–Crippen LogP) is 3.37. The minimum absolute atomic E-state index is 0.262. The third-order valence-electron chi connectivity index (χ3n) is 4.45. The number of anilines is 2. The molecule has 2 N–H and O–H groups in total. The van der Waals surface area contributed by atoms with E-state index < -0.39 is 0 Å². The quantitative estimate of drug-likeness (QED) is 0.945. The standard InChI is InChI=1S/C18H21FN4/c1-13-5-4-8-22(11-13)18-17(21)9-15(10-20)23(18)12-14-6-2-3-7-16(14)19/h2-3,6-7,9,13H,4-5,8,11-12,21H2,1H3/t13-/m0/s1. The number of hydrogen-bond acceptors (Lipinski definition) is 3. The second-order valence-electron chi connectivity index (χ2n) is 6.29. The van der Waals surface area contributed by atoms with Gasteiger partial charge in [0, 0.05) is 18.7 Å². The molecule has 2 heterocycles. The number of aromatic nitrogens is 1. The van der Waals surface area contributed by atoms with Gasteiger partial charge in [0.15, 0.2) is 0 Å². The first-order chi connectivity index (χ1) is 11.1. The minimum atomic E-state index is -0.262. The fourth-order valence-electron chi connectivity index (χ4n) is 3.34. The lowest BCUT2D eigenvalue weighted by Crippen LogP contribution is -2.36. The zero-order valence-electron chi connectivity index (χ0n) is 13.3. The summed E-state index contributed by atoms with van der Waals surface area (Å²) in [6.07, 6.45) is 2.31. The van der Waals surface area contributed by atoms with E-state index in [0.717, 1.165) is 25.3 Å². The van der Waals surface area contributed by atoms with E-state index >= 15 is 0 Å². The van der Waals surface area contributed by atoms with Crippen molar-refractivity contribution in [1.82, 2.24) is 4.57 Å². The van der Waals surface area contributed by atoms with Crippen molar-refractivity contribution in [3.8, 4) is 6.07 Å². The van der Waals surface area contributed by atoms with Crippen LogP contribution in [0.1, 0.15) is 31.0 Å². The Labute approximate surface area is 135 Å². The van der Waals surface area contributed by atoms with Crippen LogP contribution in [0.25, 0.3) is 0 Å². The summed E-state index contributed by atoms with van der Waals surface area (Å²) in [6, 6.07) is 10.5. The largest absolute Gasteiger partial charge is 0.396 e. The van der Waals surface area contributed by atoms with Gasteiger partial charge in [-0.2, -0.15) is 5.26 Å². The summed E-state index contributed by atoms with van der Waals surface area (Å²) in [5.74, 6) is 1.17. The van der Waals surface area contributed by atoms with Crippen LogP contribution in [0.3, 0.4) is 0 Å². The third-order valence-corrected chi connectivity index (χ3v) is 4.45. The highest BCUT2D eigenvalue weighted by molar-refractivity contribution is 5.68. The number of hydrogen-bond donors (Lipinski definition) is 1. The molecule has 1 aromatic carbocycles. The Balaban J connectivity index is 2.01. The third kappa shape index (κ3) is 3.02. The van der Waals surface area contributed by atoms with E-state index in [4.69, 9.17) is 5.73 Å². The topological polar surface area (TPSA) is 58.0 Å². The summed E-state index contributed by atoms with van der Waals surface area (Å²) < 4.78 is 15.9. The lowest BCUT2D eigenvalue weighted by Gasteiger charge is -2.34. The molecule has 1 fully saturated rings. The van der Waals surface area contributed by atoms with Crippen LogP contribution in [-0.2, 0) is 6.54 Å². The summed E-state index contributed by atoms with van der Waals surface area (Å²) in [7, 11) is 0. The molecule has 0 amide bonds. The summed E-state index contributed by atoms with van der Waals surface area (Å²) in [4.78, 5) is 2.23. The number of benzene rings is 1. The number of piperidine rings is 1. The van der Waals surface area contributed by atoms with Crippen LogP contribution in [-0.4, -0.2) is 17.7 Å². The molecule has 5 heteroatoms. The van der Waals surface area contributed by atoms with Crippen molar-refractivity contribution < 1.29 is 4.39 Å². The summed E-state index contributed by atoms with van der Waals surface area (Å²) in [5, 5.41) is 9.42. The van der Waals surface area contributed by atoms with Gasteiger partial charge in [-0.1, -0.05) is 25.1 Å². The molecular formula is C18H21FN4. The Morgan fingerprint density at radius 1 is 1.39 bits per heavy atom. The highest BCUT2D eigenvalue weighted by Crippen LogP contribution is 2.32. The van der Waals surface area contributed by atoms with Gasteiger partial charge < -0.3 is 15.2 Å². The molecule has 0 bridgehead atoms. The van der Waals surface area contributed by atoms with Crippen molar-refractivity contribution in [2.45, 2.75) is 26.3 Å². The molecule has 1 aliphatic rings. The molecule has 0 radical (unpaired) electrons. The molecule has 0 saturated carbocycles. The smallest absolute Gasteiger partial charge is 0.133 e. The first-order valence-corrected chi connectivity index (χ1v) is 7.97. The van der Waals surface area contributed by atoms with Crippen LogP contribution < -0.4 is 10.6 Å². The zero-order chi connectivity index (χ0) is 16.4. The molecular weight excluding hydrogens is 291 g/mol. The molecule has 0 aliphatic carbocycles. The molecule has 1 atom stereocenters. The average molecular weight is 312 g/mol. The van der Waals surface area contributed by atoms with Crippen molar-refractivity contribution >= 4 is 11.5 Å². The van der Waals surface area contributed by atoms with Gasteiger partial charge in [-0.15, -0.1) is 0 Å². The van der Waals surface area contributed by atoms with E-state index in [-0.39, 0.29) is 5.82 Å². The molecule has 4 nitrogen and oxygen atoms in total. The fourth-order valence-corrected chi connectivity index (χ4v) is 3.34. The Kier molecular flexibility index (Phi) is 4.24. The normalized spacial score (nSPS) is 18.0. The Hall–Kier alpha value is -2.48. The fraction of sp³-hybridized carbons (Fsp3) is 0.389. The monoisotopic (exact) mass is 312 g/mol. The molecule has 0 unspecified atom stereocenters. The molecule has 3 rings (SSSR count). The Morgan fingerprint density at radius 2 is 2.17 bits per heavy atom. The highest BCUT2D eigenvalue weighted by Gasteiger charge is 2.24. The number of halogens is 1. The van der Waals surface area contributed by atoms with E-state index in [1.165, 1.54) is 12.5 Å². The average Bonchev–Trinajstić information content (AvgIpc) is 2.85. The Bertz CT molecular complexity index is 744. The molecule has 23 heavy (non-hydrogen) atoms. The van der Waals surface area contributed by atoms with Crippen molar-refractivity contribution in [2.75, 3.05) is 23.7 Å². The molecule has 1 aliphatic heterocycles. The van der Waals surface area contributed by atoms with E-state index in [1.807, 2.05) is 4.57 Å². The zero-order valence-corrected chi connectivity index (χ0v) is 13.3. The summed E-state index contributed by atoms with van der Waals surface area (Å²) >= 11 is 0. The van der Waals surface area contributed by atoms with Crippen LogP contribution >= 0.6 is 0 Å². The number of nitriles is 1. The van der Waals surface area contributed by atoms with Crippen LogP contribution in [0.4, 0.5) is 15.9 Å². The van der Waals surface area contributed by atoms with E-state index in [9.17, 15) is 9.65 Å². The van der Waals surface area contributed by atoms with Gasteiger partial charge in [0.25, 0.3) is 0 Å². The number of rotatable bonds is 3. The van der Waals surface area contributed by atoms with E-state index in [2.05, 4.69) is 17.9 Å². The Morgan fingerprint density at radius 3 is 2.87 bits per heavy atom. The van der Waals surface area contributed by atoms with E-state index in [0.29, 0.717) is 29.4 Å². The van der Waals surface area contributed by atoms with Crippen LogP contribution in [0.2, 0.25) is 0 Å². The summed E-state index contributed by atoms with van der Waals surface area (Å²) in [6.45, 7) is 4.36. The van der Waals surface area contributed by atoms with Gasteiger partial charge >= 0.3 is 0 Å². The van der Waals surface area contributed by atoms with Gasteiger partial charge in [0.1, 0.15) is 23.4 Å². The summed E-state index contributed by atoms with van der Waals surface area (Å²) in [5.41, 5.74) is 7.80. The second kappa shape index (κ2) is 6.33. The van der Waals surface area contributed by atoms with Crippen molar-refractivity contribution in [3.63, 3.8) is 0 Å². The first-order valence-electron chi connectivity index (χ1n) is 7.97. The first kappa shape index (κ1) is 15.4. The van der Waals surface area contributed by atoms with Crippen LogP contribution in [0.5, 0.6) is 0 Å². The highest BCUT2D eigenvalue weighted by atomic mass is 19.1. The second-order valence-corrected chi connectivity index (χ2v) is 6.29. The molecule has 2 aromatic rings. The minimum Gasteiger partial charge on any atom is -0.396 e.